The van der Waals surface area contributed by atoms with Crippen LogP contribution >= 0.6 is 0 Å². The molecule has 0 bridgehead atoms. The van der Waals surface area contributed by atoms with Crippen molar-refractivity contribution in [3.05, 3.63) is 48.8 Å². The molecule has 3 rings (SSSR count). The number of hydrogen-bond acceptors (Lipinski definition) is 5. The summed E-state index contributed by atoms with van der Waals surface area (Å²) in [6.45, 7) is 1.96. The van der Waals surface area contributed by atoms with E-state index in [1.807, 2.05) is 43.3 Å². The van der Waals surface area contributed by atoms with Crippen LogP contribution in [0, 0.1) is 0 Å². The van der Waals surface area contributed by atoms with Crippen molar-refractivity contribution in [3.63, 3.8) is 0 Å². The minimum absolute atomic E-state index is 0.0335. The molecule has 116 valence electrons. The maximum absolute atomic E-state index is 11.8. The van der Waals surface area contributed by atoms with Crippen LogP contribution < -0.4 is 5.32 Å². The summed E-state index contributed by atoms with van der Waals surface area (Å²) in [7, 11) is 0. The molecule has 6 nitrogen and oxygen atoms in total. The summed E-state index contributed by atoms with van der Waals surface area (Å²) < 4.78 is 5.35. The summed E-state index contributed by atoms with van der Waals surface area (Å²) >= 11 is 0. The molecule has 2 heterocycles. The molecule has 0 radical (unpaired) electrons. The van der Waals surface area contributed by atoms with E-state index in [-0.39, 0.29) is 5.91 Å². The standard InChI is InChI=1S/C17H16N4O2/c1-2-5-15(22)19-14-7-4-3-6-13(14)17-20-16(21-23-17)12-8-10-18-11-9-12/h3-4,6-11H,2,5H2,1H3,(H,19,22). The van der Waals surface area contributed by atoms with E-state index in [4.69, 9.17) is 4.52 Å². The number of para-hydroxylation sites is 1. The topological polar surface area (TPSA) is 80.9 Å². The number of rotatable bonds is 5. The van der Waals surface area contributed by atoms with Crippen LogP contribution in [-0.2, 0) is 4.79 Å². The molecule has 0 fully saturated rings. The zero-order chi connectivity index (χ0) is 16.1. The van der Waals surface area contributed by atoms with Crippen LogP contribution in [0.15, 0.2) is 53.3 Å². The summed E-state index contributed by atoms with van der Waals surface area (Å²) in [4.78, 5) is 20.2. The van der Waals surface area contributed by atoms with Gasteiger partial charge in [0.1, 0.15) is 0 Å². The van der Waals surface area contributed by atoms with Gasteiger partial charge in [-0.2, -0.15) is 4.98 Å². The molecule has 1 aromatic carbocycles. The minimum atomic E-state index is -0.0335. The van der Waals surface area contributed by atoms with Gasteiger partial charge >= 0.3 is 0 Å². The molecule has 0 saturated heterocycles. The largest absolute Gasteiger partial charge is 0.334 e. The average molecular weight is 308 g/mol. The highest BCUT2D eigenvalue weighted by Gasteiger charge is 2.15. The predicted molar refractivity (Wildman–Crippen MR) is 86.5 cm³/mol. The van der Waals surface area contributed by atoms with Gasteiger partial charge in [-0.3, -0.25) is 9.78 Å². The van der Waals surface area contributed by atoms with Crippen molar-refractivity contribution in [1.29, 1.82) is 0 Å². The van der Waals surface area contributed by atoms with Gasteiger partial charge in [-0.15, -0.1) is 0 Å². The second-order valence-corrected chi connectivity index (χ2v) is 5.00. The average Bonchev–Trinajstić information content (AvgIpc) is 3.06. The predicted octanol–water partition coefficient (Wildman–Crippen LogP) is 3.54. The van der Waals surface area contributed by atoms with E-state index in [1.165, 1.54) is 0 Å². The van der Waals surface area contributed by atoms with Crippen LogP contribution in [-0.4, -0.2) is 21.0 Å². The van der Waals surface area contributed by atoms with Gasteiger partial charge in [0.15, 0.2) is 0 Å². The number of carbonyl (C=O) groups excluding carboxylic acids is 1. The Hall–Kier alpha value is -3.02. The number of anilines is 1. The summed E-state index contributed by atoms with van der Waals surface area (Å²) in [5.41, 5.74) is 2.18. The van der Waals surface area contributed by atoms with E-state index in [0.29, 0.717) is 29.4 Å². The van der Waals surface area contributed by atoms with Crippen LogP contribution in [0.2, 0.25) is 0 Å². The number of benzene rings is 1. The van der Waals surface area contributed by atoms with E-state index >= 15 is 0 Å². The highest BCUT2D eigenvalue weighted by Crippen LogP contribution is 2.28. The monoisotopic (exact) mass is 308 g/mol. The lowest BCUT2D eigenvalue weighted by atomic mass is 10.1. The normalized spacial score (nSPS) is 10.5. The van der Waals surface area contributed by atoms with Gasteiger partial charge in [0.2, 0.25) is 11.7 Å². The van der Waals surface area contributed by atoms with Crippen LogP contribution in [0.25, 0.3) is 22.8 Å². The van der Waals surface area contributed by atoms with Gasteiger partial charge in [0.05, 0.1) is 11.3 Å². The summed E-state index contributed by atoms with van der Waals surface area (Å²) in [6, 6.07) is 11.0. The molecular formula is C17H16N4O2. The molecule has 0 saturated carbocycles. The third-order valence-electron chi connectivity index (χ3n) is 3.27. The Morgan fingerprint density at radius 2 is 1.96 bits per heavy atom. The second kappa shape index (κ2) is 6.83. The Kier molecular flexibility index (Phi) is 4.42. The van der Waals surface area contributed by atoms with Gasteiger partial charge in [-0.05, 0) is 30.7 Å². The third-order valence-corrected chi connectivity index (χ3v) is 3.27. The fraction of sp³-hybridized carbons (Fsp3) is 0.176. The maximum atomic E-state index is 11.8. The van der Waals surface area contributed by atoms with Crippen molar-refractivity contribution in [2.45, 2.75) is 19.8 Å². The summed E-state index contributed by atoms with van der Waals surface area (Å²) in [6.07, 6.45) is 4.61. The van der Waals surface area contributed by atoms with Gasteiger partial charge in [-0.25, -0.2) is 0 Å². The number of hydrogen-bond donors (Lipinski definition) is 1. The molecule has 0 aliphatic heterocycles. The maximum Gasteiger partial charge on any atom is 0.260 e. The van der Waals surface area contributed by atoms with Crippen LogP contribution in [0.1, 0.15) is 19.8 Å². The molecule has 1 N–H and O–H groups in total. The fourth-order valence-corrected chi connectivity index (χ4v) is 2.17. The molecule has 0 unspecified atom stereocenters. The van der Waals surface area contributed by atoms with Crippen molar-refractivity contribution in [3.8, 4) is 22.8 Å². The minimum Gasteiger partial charge on any atom is -0.334 e. The molecule has 0 atom stereocenters. The number of nitrogens with one attached hydrogen (secondary N) is 1. The summed E-state index contributed by atoms with van der Waals surface area (Å²) in [5, 5.41) is 6.88. The number of pyridine rings is 1. The Bertz CT molecular complexity index is 799. The van der Waals surface area contributed by atoms with Crippen molar-refractivity contribution < 1.29 is 9.32 Å². The highest BCUT2D eigenvalue weighted by molar-refractivity contribution is 5.94. The first-order chi connectivity index (χ1) is 11.3. The first-order valence-electron chi connectivity index (χ1n) is 7.41. The van der Waals surface area contributed by atoms with Crippen molar-refractivity contribution in [2.24, 2.45) is 0 Å². The quantitative estimate of drug-likeness (QED) is 0.779. The highest BCUT2D eigenvalue weighted by atomic mass is 16.5. The lowest BCUT2D eigenvalue weighted by Gasteiger charge is -2.07. The number of carbonyl (C=O) groups is 1. The first-order valence-corrected chi connectivity index (χ1v) is 7.41. The third kappa shape index (κ3) is 3.42. The number of nitrogens with zero attached hydrogens (tertiary/aromatic N) is 3. The molecule has 2 aromatic heterocycles. The number of aromatic nitrogens is 3. The molecule has 23 heavy (non-hydrogen) atoms. The van der Waals surface area contributed by atoms with Crippen molar-refractivity contribution in [2.75, 3.05) is 5.32 Å². The summed E-state index contributed by atoms with van der Waals surface area (Å²) in [5.74, 6) is 0.815. The molecular weight excluding hydrogens is 292 g/mol. The van der Waals surface area contributed by atoms with Crippen LogP contribution in [0.3, 0.4) is 0 Å². The zero-order valence-electron chi connectivity index (χ0n) is 12.7. The molecule has 0 spiro atoms. The smallest absolute Gasteiger partial charge is 0.260 e. The van der Waals surface area contributed by atoms with Gasteiger partial charge in [0.25, 0.3) is 5.89 Å². The van der Waals surface area contributed by atoms with E-state index in [9.17, 15) is 4.79 Å². The van der Waals surface area contributed by atoms with E-state index in [0.717, 1.165) is 12.0 Å². The molecule has 1 amide bonds. The first kappa shape index (κ1) is 14.9. The van der Waals surface area contributed by atoms with Crippen LogP contribution in [0.4, 0.5) is 5.69 Å². The van der Waals surface area contributed by atoms with Gasteiger partial charge < -0.3 is 9.84 Å². The van der Waals surface area contributed by atoms with Gasteiger partial charge in [0, 0.05) is 24.4 Å². The Morgan fingerprint density at radius 1 is 1.17 bits per heavy atom. The Morgan fingerprint density at radius 3 is 2.74 bits per heavy atom. The van der Waals surface area contributed by atoms with E-state index in [1.54, 1.807) is 12.4 Å². The van der Waals surface area contributed by atoms with E-state index < -0.39 is 0 Å². The van der Waals surface area contributed by atoms with Crippen molar-refractivity contribution >= 4 is 11.6 Å². The Labute approximate surface area is 133 Å². The SMILES string of the molecule is CCCC(=O)Nc1ccccc1-c1nc(-c2ccncc2)no1. The lowest BCUT2D eigenvalue weighted by Crippen LogP contribution is -2.11. The zero-order valence-corrected chi connectivity index (χ0v) is 12.7. The fourth-order valence-electron chi connectivity index (χ4n) is 2.17. The molecule has 3 aromatic rings. The number of amides is 1. The van der Waals surface area contributed by atoms with Gasteiger partial charge in [-0.1, -0.05) is 24.2 Å². The van der Waals surface area contributed by atoms with Crippen molar-refractivity contribution in [1.82, 2.24) is 15.1 Å². The lowest BCUT2D eigenvalue weighted by molar-refractivity contribution is -0.116. The second-order valence-electron chi connectivity index (χ2n) is 5.00. The molecule has 6 heteroatoms. The molecule has 0 aliphatic carbocycles. The molecule has 0 aliphatic rings. The van der Waals surface area contributed by atoms with E-state index in [2.05, 4.69) is 20.4 Å². The Balaban J connectivity index is 1.91. The van der Waals surface area contributed by atoms with Crippen LogP contribution in [0.5, 0.6) is 0 Å².